The predicted octanol–water partition coefficient (Wildman–Crippen LogP) is 2.75. The number of benzene rings is 2. The molecule has 1 heteroatoms. The van der Waals surface area contributed by atoms with Crippen LogP contribution in [0.3, 0.4) is 0 Å². The van der Waals surface area contributed by atoms with Crippen molar-refractivity contribution in [1.82, 2.24) is 0 Å². The third-order valence-electron chi connectivity index (χ3n) is 2.93. The van der Waals surface area contributed by atoms with Crippen molar-refractivity contribution in [3.05, 3.63) is 84.4 Å². The predicted molar refractivity (Wildman–Crippen MR) is 72.4 cm³/mol. The quantitative estimate of drug-likeness (QED) is 0.554. The highest BCUT2D eigenvalue weighted by molar-refractivity contribution is 6.19. The summed E-state index contributed by atoms with van der Waals surface area (Å²) in [6.45, 7) is 3.99. The molecule has 0 N–H and O–H groups in total. The van der Waals surface area contributed by atoms with Crippen LogP contribution in [-0.2, 0) is 5.04 Å². The minimum absolute atomic E-state index is 0.0808. The SMILES string of the molecule is C=CC([SiH2])(c1ccccc1)c1ccccc1. The Morgan fingerprint density at radius 3 is 1.50 bits per heavy atom. The first-order valence-electron chi connectivity index (χ1n) is 5.37. The van der Waals surface area contributed by atoms with Gasteiger partial charge in [0.15, 0.2) is 0 Å². The molecule has 0 atom stereocenters. The van der Waals surface area contributed by atoms with Crippen LogP contribution < -0.4 is 0 Å². The molecule has 79 valence electrons. The highest BCUT2D eigenvalue weighted by Crippen LogP contribution is 2.29. The summed E-state index contributed by atoms with van der Waals surface area (Å²) in [5.74, 6) is 0. The maximum absolute atomic E-state index is 3.99. The molecule has 2 rings (SSSR count). The van der Waals surface area contributed by atoms with Gasteiger partial charge in [-0.3, -0.25) is 0 Å². The van der Waals surface area contributed by atoms with Gasteiger partial charge in [-0.2, -0.15) is 0 Å². The van der Waals surface area contributed by atoms with Crippen molar-refractivity contribution in [1.29, 1.82) is 0 Å². The van der Waals surface area contributed by atoms with E-state index in [4.69, 9.17) is 0 Å². The molecule has 2 aromatic rings. The van der Waals surface area contributed by atoms with Crippen LogP contribution in [0, 0.1) is 0 Å². The Labute approximate surface area is 100 Å². The zero-order valence-electron chi connectivity index (χ0n) is 9.27. The highest BCUT2D eigenvalue weighted by atomic mass is 28.1. The van der Waals surface area contributed by atoms with E-state index < -0.39 is 0 Å². The van der Waals surface area contributed by atoms with E-state index in [1.54, 1.807) is 0 Å². The summed E-state index contributed by atoms with van der Waals surface area (Å²) >= 11 is 0. The van der Waals surface area contributed by atoms with Crippen molar-refractivity contribution in [2.45, 2.75) is 5.04 Å². The highest BCUT2D eigenvalue weighted by Gasteiger charge is 2.24. The molecule has 0 heterocycles. The topological polar surface area (TPSA) is 0 Å². The summed E-state index contributed by atoms with van der Waals surface area (Å²) in [6, 6.07) is 21.0. The van der Waals surface area contributed by atoms with Gasteiger partial charge in [0.05, 0.1) is 0 Å². The van der Waals surface area contributed by atoms with Crippen LogP contribution in [0.1, 0.15) is 11.1 Å². The molecule has 0 fully saturated rings. The summed E-state index contributed by atoms with van der Waals surface area (Å²) in [4.78, 5) is 0. The molecule has 0 nitrogen and oxygen atoms in total. The van der Waals surface area contributed by atoms with Gasteiger partial charge < -0.3 is 0 Å². The van der Waals surface area contributed by atoms with Gasteiger partial charge in [-0.15, -0.1) is 6.58 Å². The zero-order valence-corrected chi connectivity index (χ0v) is 10.7. The molecule has 0 aliphatic carbocycles. The van der Waals surface area contributed by atoms with Crippen LogP contribution in [0.4, 0.5) is 0 Å². The zero-order chi connectivity index (χ0) is 11.4. The van der Waals surface area contributed by atoms with Crippen molar-refractivity contribution in [3.63, 3.8) is 0 Å². The van der Waals surface area contributed by atoms with Gasteiger partial charge >= 0.3 is 0 Å². The molecule has 0 saturated heterocycles. The lowest BCUT2D eigenvalue weighted by molar-refractivity contribution is 0.924. The molecule has 0 saturated carbocycles. The minimum atomic E-state index is -0.0808. The van der Waals surface area contributed by atoms with E-state index in [0.29, 0.717) is 0 Å². The molecule has 0 aliphatic heterocycles. The first kappa shape index (κ1) is 10.9. The van der Waals surface area contributed by atoms with E-state index in [0.717, 1.165) is 0 Å². The Balaban J connectivity index is 2.53. The van der Waals surface area contributed by atoms with Crippen molar-refractivity contribution in [2.24, 2.45) is 0 Å². The van der Waals surface area contributed by atoms with E-state index in [1.807, 2.05) is 28.5 Å². The minimum Gasteiger partial charge on any atom is -0.102 e. The maximum atomic E-state index is 3.99. The second kappa shape index (κ2) is 4.50. The van der Waals surface area contributed by atoms with Crippen molar-refractivity contribution >= 4 is 10.2 Å². The fourth-order valence-corrected chi connectivity index (χ4v) is 2.34. The lowest BCUT2D eigenvalue weighted by atomic mass is 9.90. The van der Waals surface area contributed by atoms with Crippen molar-refractivity contribution < 1.29 is 0 Å². The van der Waals surface area contributed by atoms with Crippen LogP contribution >= 0.6 is 0 Å². The smallest absolute Gasteiger partial charge is 0.0331 e. The summed E-state index contributed by atoms with van der Waals surface area (Å²) in [5.41, 5.74) is 2.57. The largest absolute Gasteiger partial charge is 0.102 e. The molecule has 0 bridgehead atoms. The Hall–Kier alpha value is -1.60. The Kier molecular flexibility index (Phi) is 3.06. The molecule has 0 aromatic heterocycles. The number of rotatable bonds is 3. The number of hydrogen-bond donors (Lipinski definition) is 0. The number of allylic oxidation sites excluding steroid dienone is 1. The maximum Gasteiger partial charge on any atom is 0.0331 e. The van der Waals surface area contributed by atoms with Gasteiger partial charge in [0, 0.05) is 15.3 Å². The van der Waals surface area contributed by atoms with E-state index >= 15 is 0 Å². The van der Waals surface area contributed by atoms with E-state index in [-0.39, 0.29) is 5.04 Å². The second-order valence-electron chi connectivity index (χ2n) is 3.91. The fraction of sp³-hybridized carbons (Fsp3) is 0.0667. The molecule has 0 amide bonds. The third kappa shape index (κ3) is 1.86. The van der Waals surface area contributed by atoms with E-state index in [1.165, 1.54) is 11.1 Å². The van der Waals surface area contributed by atoms with Crippen LogP contribution in [0.15, 0.2) is 73.3 Å². The average Bonchev–Trinajstić information content (AvgIpc) is 2.40. The number of hydrogen-bond acceptors (Lipinski definition) is 0. The summed E-state index contributed by atoms with van der Waals surface area (Å²) < 4.78 is 0. The Morgan fingerprint density at radius 1 is 0.812 bits per heavy atom. The second-order valence-corrected chi connectivity index (χ2v) is 5.02. The van der Waals surface area contributed by atoms with Gasteiger partial charge in [0.1, 0.15) is 0 Å². The van der Waals surface area contributed by atoms with Crippen LogP contribution in [0.5, 0.6) is 0 Å². The van der Waals surface area contributed by atoms with Gasteiger partial charge in [0.25, 0.3) is 0 Å². The molecule has 16 heavy (non-hydrogen) atoms. The Morgan fingerprint density at radius 2 is 1.19 bits per heavy atom. The normalized spacial score (nSPS) is 11.1. The lowest BCUT2D eigenvalue weighted by Gasteiger charge is -2.27. The van der Waals surface area contributed by atoms with Gasteiger partial charge in [-0.1, -0.05) is 66.7 Å². The molecule has 0 spiro atoms. The van der Waals surface area contributed by atoms with Gasteiger partial charge in [-0.25, -0.2) is 0 Å². The molecular weight excluding hydrogens is 208 g/mol. The van der Waals surface area contributed by atoms with Crippen LogP contribution in [0.2, 0.25) is 0 Å². The lowest BCUT2D eigenvalue weighted by Crippen LogP contribution is -2.24. The molecule has 2 aromatic carbocycles. The van der Waals surface area contributed by atoms with E-state index in [9.17, 15) is 0 Å². The fourth-order valence-electron chi connectivity index (χ4n) is 1.87. The molecule has 0 unspecified atom stereocenters. The van der Waals surface area contributed by atoms with Gasteiger partial charge in [0.2, 0.25) is 0 Å². The molecule has 0 aliphatic rings. The van der Waals surface area contributed by atoms with Crippen molar-refractivity contribution in [2.75, 3.05) is 0 Å². The van der Waals surface area contributed by atoms with Crippen LogP contribution in [-0.4, -0.2) is 10.2 Å². The standard InChI is InChI=1S/C15H15Si/c1-2-15(16,13-9-5-3-6-10-13)14-11-7-4-8-12-14/h2-12H,1,16H2. The molecule has 1 radical (unpaired) electrons. The van der Waals surface area contributed by atoms with Gasteiger partial charge in [-0.05, 0) is 11.1 Å². The summed E-state index contributed by atoms with van der Waals surface area (Å²) in [5, 5.41) is -0.0808. The first-order chi connectivity index (χ1) is 7.77. The Bertz CT molecular complexity index is 420. The summed E-state index contributed by atoms with van der Waals surface area (Å²) in [6.07, 6.45) is 2.02. The first-order valence-corrected chi connectivity index (χ1v) is 6.08. The molecular formula is C15H15Si. The van der Waals surface area contributed by atoms with E-state index in [2.05, 4.69) is 55.1 Å². The summed E-state index contributed by atoms with van der Waals surface area (Å²) in [7, 11) is 1.96. The van der Waals surface area contributed by atoms with Crippen LogP contribution in [0.25, 0.3) is 0 Å². The third-order valence-corrected chi connectivity index (χ3v) is 4.03. The monoisotopic (exact) mass is 223 g/mol. The average molecular weight is 223 g/mol. The van der Waals surface area contributed by atoms with Crippen molar-refractivity contribution in [3.8, 4) is 0 Å².